The molecule has 0 saturated carbocycles. The maximum Gasteiger partial charge on any atom is 0.488 e. The zero-order valence-corrected chi connectivity index (χ0v) is 7.82. The standard InChI is InChI=1S/C10H15BO3/c1-3-8-7-9(14-4-2)5-6-10(8)11(12)13/h5-7,12-13H,3-4H2,1-2H3/i1D3,3D2. The Kier molecular flexibility index (Phi) is 2.08. The SMILES string of the molecule is [2H]C([2H])([2H])C([2H])([2H])c1cc(OCC)ccc1B(O)O. The van der Waals surface area contributed by atoms with Crippen molar-refractivity contribution < 1.29 is 21.6 Å². The summed E-state index contributed by atoms with van der Waals surface area (Å²) >= 11 is 0. The van der Waals surface area contributed by atoms with Gasteiger partial charge in [0.15, 0.2) is 0 Å². The number of rotatable bonds is 4. The molecular weight excluding hydrogens is 179 g/mol. The summed E-state index contributed by atoms with van der Waals surface area (Å²) in [6, 6.07) is 3.86. The summed E-state index contributed by atoms with van der Waals surface area (Å²) in [5.41, 5.74) is -0.502. The summed E-state index contributed by atoms with van der Waals surface area (Å²) in [5.74, 6) is 0.273. The minimum atomic E-state index is -2.93. The largest absolute Gasteiger partial charge is 0.494 e. The van der Waals surface area contributed by atoms with E-state index in [-0.39, 0.29) is 16.8 Å². The predicted molar refractivity (Wildman–Crippen MR) is 56.8 cm³/mol. The molecule has 0 radical (unpaired) electrons. The van der Waals surface area contributed by atoms with Crippen molar-refractivity contribution >= 4 is 12.6 Å². The molecule has 4 heteroatoms. The first-order valence-corrected chi connectivity index (χ1v) is 4.24. The third-order valence-corrected chi connectivity index (χ3v) is 1.75. The first-order chi connectivity index (χ1) is 8.61. The van der Waals surface area contributed by atoms with E-state index in [9.17, 15) is 10.0 Å². The first kappa shape index (κ1) is 5.78. The van der Waals surface area contributed by atoms with Gasteiger partial charge in [-0.2, -0.15) is 0 Å². The molecule has 0 saturated heterocycles. The van der Waals surface area contributed by atoms with E-state index in [1.807, 2.05) is 0 Å². The normalized spacial score (nSPS) is 17.2. The van der Waals surface area contributed by atoms with E-state index in [1.165, 1.54) is 18.2 Å². The molecular formula is C10H15BO3. The van der Waals surface area contributed by atoms with Gasteiger partial charge in [-0.15, -0.1) is 0 Å². The highest BCUT2D eigenvalue weighted by Gasteiger charge is 2.15. The molecule has 76 valence electrons. The Balaban J connectivity index is 3.40. The lowest BCUT2D eigenvalue weighted by molar-refractivity contribution is 0.340. The van der Waals surface area contributed by atoms with E-state index < -0.39 is 20.3 Å². The molecule has 14 heavy (non-hydrogen) atoms. The van der Waals surface area contributed by atoms with Gasteiger partial charge in [0.05, 0.1) is 6.61 Å². The monoisotopic (exact) mass is 199 g/mol. The molecule has 0 amide bonds. The van der Waals surface area contributed by atoms with Gasteiger partial charge in [0.2, 0.25) is 0 Å². The fourth-order valence-electron chi connectivity index (χ4n) is 1.13. The van der Waals surface area contributed by atoms with Gasteiger partial charge in [0, 0.05) is 6.85 Å². The second-order valence-corrected chi connectivity index (χ2v) is 2.68. The minimum absolute atomic E-state index is 0.190. The van der Waals surface area contributed by atoms with Gasteiger partial charge in [-0.05, 0) is 36.5 Å². The van der Waals surface area contributed by atoms with Crippen LogP contribution in [0.4, 0.5) is 0 Å². The third-order valence-electron chi connectivity index (χ3n) is 1.75. The van der Waals surface area contributed by atoms with Crippen molar-refractivity contribution in [3.05, 3.63) is 23.8 Å². The average Bonchev–Trinajstić information content (AvgIpc) is 2.27. The molecule has 1 rings (SSSR count). The number of aryl methyl sites for hydroxylation is 1. The Morgan fingerprint density at radius 2 is 2.36 bits per heavy atom. The Morgan fingerprint density at radius 3 is 2.93 bits per heavy atom. The number of ether oxygens (including phenoxy) is 1. The second-order valence-electron chi connectivity index (χ2n) is 2.68. The number of benzene rings is 1. The van der Waals surface area contributed by atoms with Crippen LogP contribution in [0, 0.1) is 0 Å². The van der Waals surface area contributed by atoms with Gasteiger partial charge in [0.1, 0.15) is 5.75 Å². The van der Waals surface area contributed by atoms with Crippen LogP contribution in [0.25, 0.3) is 0 Å². The van der Waals surface area contributed by atoms with Crippen LogP contribution in [-0.4, -0.2) is 23.8 Å². The van der Waals surface area contributed by atoms with Gasteiger partial charge >= 0.3 is 7.12 Å². The van der Waals surface area contributed by atoms with Crippen molar-refractivity contribution in [3.8, 4) is 5.75 Å². The quantitative estimate of drug-likeness (QED) is 0.687. The molecule has 1 aromatic rings. The maximum absolute atomic E-state index is 9.22. The van der Waals surface area contributed by atoms with Crippen molar-refractivity contribution in [2.45, 2.75) is 20.1 Å². The summed E-state index contributed by atoms with van der Waals surface area (Å²) < 4.78 is 42.3. The average molecular weight is 199 g/mol. The van der Waals surface area contributed by atoms with Crippen molar-refractivity contribution in [2.24, 2.45) is 0 Å². The van der Waals surface area contributed by atoms with Gasteiger partial charge in [-0.1, -0.05) is 12.9 Å². The van der Waals surface area contributed by atoms with Crippen molar-refractivity contribution in [1.82, 2.24) is 0 Å². The fraction of sp³-hybridized carbons (Fsp3) is 0.400. The predicted octanol–water partition coefficient (Wildman–Crippen LogP) is 0.327. The highest BCUT2D eigenvalue weighted by molar-refractivity contribution is 6.59. The van der Waals surface area contributed by atoms with Crippen molar-refractivity contribution in [2.75, 3.05) is 6.61 Å². The second kappa shape index (κ2) is 5.03. The van der Waals surface area contributed by atoms with Gasteiger partial charge in [-0.25, -0.2) is 0 Å². The molecule has 0 aliphatic carbocycles. The lowest BCUT2D eigenvalue weighted by Gasteiger charge is -2.09. The Bertz CT molecular complexity index is 447. The zero-order valence-electron chi connectivity index (χ0n) is 12.8. The van der Waals surface area contributed by atoms with Crippen LogP contribution in [0.2, 0.25) is 0 Å². The minimum Gasteiger partial charge on any atom is -0.494 e. The van der Waals surface area contributed by atoms with E-state index in [0.29, 0.717) is 6.61 Å². The van der Waals surface area contributed by atoms with Crippen LogP contribution in [0.1, 0.15) is 26.2 Å². The highest BCUT2D eigenvalue weighted by atomic mass is 16.5. The van der Waals surface area contributed by atoms with E-state index in [0.717, 1.165) is 0 Å². The summed E-state index contributed by atoms with van der Waals surface area (Å²) in [7, 11) is -1.96. The van der Waals surface area contributed by atoms with Gasteiger partial charge in [0.25, 0.3) is 0 Å². The maximum atomic E-state index is 9.22. The summed E-state index contributed by atoms with van der Waals surface area (Å²) in [5, 5.41) is 18.4. The summed E-state index contributed by atoms with van der Waals surface area (Å²) in [4.78, 5) is 0. The molecule has 0 heterocycles. The molecule has 0 atom stereocenters. The van der Waals surface area contributed by atoms with E-state index in [1.54, 1.807) is 6.92 Å². The van der Waals surface area contributed by atoms with E-state index >= 15 is 0 Å². The molecule has 0 aromatic heterocycles. The van der Waals surface area contributed by atoms with Crippen LogP contribution < -0.4 is 10.2 Å². The Hall–Kier alpha value is -0.995. The molecule has 0 bridgehead atoms. The fourth-order valence-corrected chi connectivity index (χ4v) is 1.13. The van der Waals surface area contributed by atoms with Crippen molar-refractivity contribution in [3.63, 3.8) is 0 Å². The van der Waals surface area contributed by atoms with Crippen LogP contribution in [0.5, 0.6) is 5.75 Å². The molecule has 1 aromatic carbocycles. The van der Waals surface area contributed by atoms with Gasteiger partial charge < -0.3 is 14.8 Å². The zero-order chi connectivity index (χ0) is 14.8. The van der Waals surface area contributed by atoms with Crippen LogP contribution in [-0.2, 0) is 6.37 Å². The Morgan fingerprint density at radius 1 is 1.57 bits per heavy atom. The third kappa shape index (κ3) is 2.50. The Labute approximate surface area is 91.5 Å². The van der Waals surface area contributed by atoms with E-state index in [4.69, 9.17) is 11.6 Å². The lowest BCUT2D eigenvalue weighted by Crippen LogP contribution is -2.32. The first-order valence-electron chi connectivity index (χ1n) is 6.74. The lowest BCUT2D eigenvalue weighted by atomic mass is 9.76. The molecule has 0 unspecified atom stereocenters. The molecule has 0 aliphatic rings. The number of hydrogen-bond acceptors (Lipinski definition) is 3. The molecule has 0 fully saturated rings. The van der Waals surface area contributed by atoms with Crippen molar-refractivity contribution in [1.29, 1.82) is 0 Å². The van der Waals surface area contributed by atoms with Gasteiger partial charge in [-0.3, -0.25) is 0 Å². The van der Waals surface area contributed by atoms with E-state index in [2.05, 4.69) is 0 Å². The summed E-state index contributed by atoms with van der Waals surface area (Å²) in [6.45, 7) is -0.869. The molecule has 2 N–H and O–H groups in total. The molecule has 0 aliphatic heterocycles. The van der Waals surface area contributed by atoms with Crippen LogP contribution in [0.3, 0.4) is 0 Å². The van der Waals surface area contributed by atoms with Crippen LogP contribution >= 0.6 is 0 Å². The smallest absolute Gasteiger partial charge is 0.488 e. The topological polar surface area (TPSA) is 49.7 Å². The van der Waals surface area contributed by atoms with Crippen LogP contribution in [0.15, 0.2) is 18.2 Å². The summed E-state index contributed by atoms with van der Waals surface area (Å²) in [6.07, 6.45) is -2.71. The molecule has 0 spiro atoms. The number of hydrogen-bond donors (Lipinski definition) is 2. The highest BCUT2D eigenvalue weighted by Crippen LogP contribution is 2.12. The molecule has 3 nitrogen and oxygen atoms in total.